The maximum atomic E-state index is 12.7. The molecule has 3 heteroatoms. The number of hydrogen-bond donors (Lipinski definition) is 0. The van der Waals surface area contributed by atoms with Crippen molar-refractivity contribution in [1.29, 1.82) is 0 Å². The SMILES string of the molecule is Fc1ncc(-c2ccc(-c3ccccc3)cc2)cn1. The van der Waals surface area contributed by atoms with E-state index in [-0.39, 0.29) is 0 Å². The highest BCUT2D eigenvalue weighted by Gasteiger charge is 2.01. The molecular formula is C16H11FN2. The number of benzene rings is 2. The second-order valence-corrected chi connectivity index (χ2v) is 4.18. The lowest BCUT2D eigenvalue weighted by Crippen LogP contribution is -1.88. The fraction of sp³-hybridized carbons (Fsp3) is 0. The second kappa shape index (κ2) is 4.98. The van der Waals surface area contributed by atoms with Crippen LogP contribution < -0.4 is 0 Å². The third-order valence-corrected chi connectivity index (χ3v) is 2.95. The molecule has 0 saturated carbocycles. The molecule has 0 amide bonds. The van der Waals surface area contributed by atoms with Gasteiger partial charge in [-0.2, -0.15) is 4.39 Å². The van der Waals surface area contributed by atoms with E-state index in [4.69, 9.17) is 0 Å². The molecule has 2 aromatic carbocycles. The van der Waals surface area contributed by atoms with E-state index in [0.29, 0.717) is 0 Å². The Kier molecular flexibility index (Phi) is 3.02. The highest BCUT2D eigenvalue weighted by atomic mass is 19.1. The number of rotatable bonds is 2. The van der Waals surface area contributed by atoms with Gasteiger partial charge in [0.1, 0.15) is 0 Å². The molecule has 19 heavy (non-hydrogen) atoms. The van der Waals surface area contributed by atoms with E-state index in [0.717, 1.165) is 16.7 Å². The van der Waals surface area contributed by atoms with Crippen molar-refractivity contribution in [2.24, 2.45) is 0 Å². The molecule has 0 bridgehead atoms. The molecule has 0 aliphatic carbocycles. The monoisotopic (exact) mass is 250 g/mol. The third-order valence-electron chi connectivity index (χ3n) is 2.95. The Morgan fingerprint density at radius 3 is 1.63 bits per heavy atom. The first-order valence-corrected chi connectivity index (χ1v) is 5.96. The first kappa shape index (κ1) is 11.5. The summed E-state index contributed by atoms with van der Waals surface area (Å²) in [6.45, 7) is 0. The average Bonchev–Trinajstić information content (AvgIpc) is 2.49. The Morgan fingerprint density at radius 2 is 1.05 bits per heavy atom. The van der Waals surface area contributed by atoms with Crippen LogP contribution in [-0.4, -0.2) is 9.97 Å². The van der Waals surface area contributed by atoms with Gasteiger partial charge in [-0.25, -0.2) is 9.97 Å². The summed E-state index contributed by atoms with van der Waals surface area (Å²) in [5.74, 6) is 0. The molecule has 3 aromatic rings. The molecule has 3 rings (SSSR count). The molecule has 0 aliphatic rings. The van der Waals surface area contributed by atoms with Gasteiger partial charge in [-0.3, -0.25) is 0 Å². The van der Waals surface area contributed by atoms with Gasteiger partial charge in [0.05, 0.1) is 0 Å². The molecule has 0 saturated heterocycles. The zero-order valence-electron chi connectivity index (χ0n) is 10.1. The van der Waals surface area contributed by atoms with E-state index in [1.165, 1.54) is 18.0 Å². The van der Waals surface area contributed by atoms with Gasteiger partial charge >= 0.3 is 6.08 Å². The lowest BCUT2D eigenvalue weighted by molar-refractivity contribution is 0.539. The topological polar surface area (TPSA) is 25.8 Å². The van der Waals surface area contributed by atoms with Crippen molar-refractivity contribution in [3.05, 3.63) is 73.1 Å². The Balaban J connectivity index is 1.93. The lowest BCUT2D eigenvalue weighted by Gasteiger charge is -2.04. The molecule has 92 valence electrons. The van der Waals surface area contributed by atoms with E-state index in [1.54, 1.807) is 0 Å². The summed E-state index contributed by atoms with van der Waals surface area (Å²) in [6, 6.07) is 18.2. The maximum absolute atomic E-state index is 12.7. The molecule has 1 heterocycles. The van der Waals surface area contributed by atoms with Gasteiger partial charge in [0.25, 0.3) is 0 Å². The van der Waals surface area contributed by atoms with Gasteiger partial charge in [-0.15, -0.1) is 0 Å². The van der Waals surface area contributed by atoms with Gasteiger partial charge in [0.15, 0.2) is 0 Å². The van der Waals surface area contributed by atoms with Crippen molar-refractivity contribution in [2.45, 2.75) is 0 Å². The van der Waals surface area contributed by atoms with Gasteiger partial charge in [0.2, 0.25) is 0 Å². The van der Waals surface area contributed by atoms with E-state index >= 15 is 0 Å². The number of aromatic nitrogens is 2. The molecule has 0 radical (unpaired) electrons. The zero-order chi connectivity index (χ0) is 13.1. The van der Waals surface area contributed by atoms with Crippen molar-refractivity contribution < 1.29 is 4.39 Å². The average molecular weight is 250 g/mol. The fourth-order valence-corrected chi connectivity index (χ4v) is 1.95. The van der Waals surface area contributed by atoms with Crippen LogP contribution in [0.4, 0.5) is 4.39 Å². The largest absolute Gasteiger partial charge is 0.308 e. The molecule has 0 spiro atoms. The van der Waals surface area contributed by atoms with Crippen molar-refractivity contribution in [1.82, 2.24) is 9.97 Å². The zero-order valence-corrected chi connectivity index (χ0v) is 10.1. The lowest BCUT2D eigenvalue weighted by atomic mass is 10.0. The molecule has 2 nitrogen and oxygen atoms in total. The highest BCUT2D eigenvalue weighted by Crippen LogP contribution is 2.23. The summed E-state index contributed by atoms with van der Waals surface area (Å²) in [5.41, 5.74) is 4.09. The minimum absolute atomic E-state index is 0.704. The Hall–Kier alpha value is -2.55. The van der Waals surface area contributed by atoms with E-state index in [2.05, 4.69) is 22.1 Å². The van der Waals surface area contributed by atoms with Gasteiger partial charge in [-0.1, -0.05) is 54.6 Å². The highest BCUT2D eigenvalue weighted by molar-refractivity contribution is 5.69. The van der Waals surface area contributed by atoms with E-state index in [9.17, 15) is 4.39 Å². The quantitative estimate of drug-likeness (QED) is 0.643. The summed E-state index contributed by atoms with van der Waals surface area (Å²) in [4.78, 5) is 7.12. The summed E-state index contributed by atoms with van der Waals surface area (Å²) in [6.07, 6.45) is 2.27. The van der Waals surface area contributed by atoms with Gasteiger partial charge in [0, 0.05) is 18.0 Å². The summed E-state index contributed by atoms with van der Waals surface area (Å²) in [5, 5.41) is 0. The van der Waals surface area contributed by atoms with Crippen LogP contribution in [0, 0.1) is 6.08 Å². The van der Waals surface area contributed by atoms with Gasteiger partial charge in [-0.05, 0) is 16.7 Å². The van der Waals surface area contributed by atoms with Gasteiger partial charge < -0.3 is 0 Å². The number of halogens is 1. The van der Waals surface area contributed by atoms with Crippen LogP contribution in [0.2, 0.25) is 0 Å². The van der Waals surface area contributed by atoms with Crippen molar-refractivity contribution in [2.75, 3.05) is 0 Å². The fourth-order valence-electron chi connectivity index (χ4n) is 1.95. The molecule has 0 N–H and O–H groups in total. The molecular weight excluding hydrogens is 239 g/mol. The molecule has 0 aliphatic heterocycles. The van der Waals surface area contributed by atoms with Crippen molar-refractivity contribution >= 4 is 0 Å². The van der Waals surface area contributed by atoms with E-state index in [1.807, 2.05) is 42.5 Å². The van der Waals surface area contributed by atoms with Crippen LogP contribution >= 0.6 is 0 Å². The second-order valence-electron chi connectivity index (χ2n) is 4.18. The standard InChI is InChI=1S/C16H11FN2/c17-16-18-10-15(11-19-16)14-8-6-13(7-9-14)12-4-2-1-3-5-12/h1-11H. The van der Waals surface area contributed by atoms with Crippen LogP contribution in [0.3, 0.4) is 0 Å². The Labute approximate surface area is 110 Å². The van der Waals surface area contributed by atoms with Crippen LogP contribution in [0.1, 0.15) is 0 Å². The third kappa shape index (κ3) is 2.50. The number of hydrogen-bond acceptors (Lipinski definition) is 2. The summed E-state index contributed by atoms with van der Waals surface area (Å²) < 4.78 is 12.7. The predicted octanol–water partition coefficient (Wildman–Crippen LogP) is 3.95. The van der Waals surface area contributed by atoms with Crippen molar-refractivity contribution in [3.63, 3.8) is 0 Å². The summed E-state index contributed by atoms with van der Waals surface area (Å²) >= 11 is 0. The smallest absolute Gasteiger partial charge is 0.210 e. The van der Waals surface area contributed by atoms with Crippen LogP contribution in [0.15, 0.2) is 67.0 Å². The van der Waals surface area contributed by atoms with Crippen LogP contribution in [-0.2, 0) is 0 Å². The predicted molar refractivity (Wildman–Crippen MR) is 72.9 cm³/mol. The molecule has 0 unspecified atom stereocenters. The van der Waals surface area contributed by atoms with Crippen LogP contribution in [0.5, 0.6) is 0 Å². The van der Waals surface area contributed by atoms with E-state index < -0.39 is 6.08 Å². The number of nitrogens with zero attached hydrogens (tertiary/aromatic N) is 2. The molecule has 0 fully saturated rings. The van der Waals surface area contributed by atoms with Crippen LogP contribution in [0.25, 0.3) is 22.3 Å². The minimum atomic E-state index is -0.704. The summed E-state index contributed by atoms with van der Waals surface area (Å²) in [7, 11) is 0. The molecule has 1 aromatic heterocycles. The maximum Gasteiger partial charge on any atom is 0.308 e. The first-order valence-electron chi connectivity index (χ1n) is 5.96. The minimum Gasteiger partial charge on any atom is -0.210 e. The molecule has 0 atom stereocenters. The first-order chi connectivity index (χ1) is 9.33. The Morgan fingerprint density at radius 1 is 0.579 bits per heavy atom. The van der Waals surface area contributed by atoms with Crippen molar-refractivity contribution in [3.8, 4) is 22.3 Å². The normalized spacial score (nSPS) is 10.4. The Bertz CT molecular complexity index is 661.